The maximum Gasteiger partial charge on any atom is 0.302 e. The van der Waals surface area contributed by atoms with E-state index in [2.05, 4.69) is 33.8 Å². The Kier molecular flexibility index (Phi) is 3.95. The molecule has 0 aromatic rings. The summed E-state index contributed by atoms with van der Waals surface area (Å²) < 4.78 is 5.74. The molecular weight excluding hydrogens is 308 g/mol. The summed E-state index contributed by atoms with van der Waals surface area (Å²) in [4.78, 5) is 11.6. The zero-order valence-electron chi connectivity index (χ0n) is 16.9. The van der Waals surface area contributed by atoms with Crippen LogP contribution in [0.15, 0.2) is 11.6 Å². The summed E-state index contributed by atoms with van der Waals surface area (Å²) >= 11 is 0. The number of hydrogen-bond acceptors (Lipinski definition) is 2. The summed E-state index contributed by atoms with van der Waals surface area (Å²) in [5.74, 6) is 2.53. The van der Waals surface area contributed by atoms with Gasteiger partial charge in [0.2, 0.25) is 0 Å². The number of esters is 1. The van der Waals surface area contributed by atoms with Crippen molar-refractivity contribution in [3.05, 3.63) is 11.6 Å². The Balaban J connectivity index is 1.68. The van der Waals surface area contributed by atoms with Crippen LogP contribution in [0.25, 0.3) is 0 Å². The van der Waals surface area contributed by atoms with E-state index in [9.17, 15) is 4.79 Å². The van der Waals surface area contributed by atoms with Crippen LogP contribution in [0, 0.1) is 34.0 Å². The number of carbonyl (C=O) groups is 1. The summed E-state index contributed by atoms with van der Waals surface area (Å²) in [5.41, 5.74) is 2.50. The summed E-state index contributed by atoms with van der Waals surface area (Å²) in [7, 11) is 0. The van der Waals surface area contributed by atoms with E-state index in [0.29, 0.717) is 10.8 Å². The summed E-state index contributed by atoms with van der Waals surface area (Å²) in [5, 5.41) is 0. The maximum absolute atomic E-state index is 11.6. The number of fused-ring (bicyclic) bond motifs is 5. The van der Waals surface area contributed by atoms with Crippen LogP contribution in [-0.4, -0.2) is 12.1 Å². The SMILES string of the molecule is CC(=O)OC1CC[C@@]2(C)C(=CC[C@H]3[C@@H]4CCC[C@@]4(C)CC[C@@H]32)C1(C)C. The van der Waals surface area contributed by atoms with Gasteiger partial charge in [0.1, 0.15) is 6.10 Å². The molecule has 0 bridgehead atoms. The smallest absolute Gasteiger partial charge is 0.302 e. The van der Waals surface area contributed by atoms with E-state index in [-0.39, 0.29) is 17.5 Å². The first-order valence-corrected chi connectivity index (χ1v) is 10.6. The molecule has 0 amide bonds. The summed E-state index contributed by atoms with van der Waals surface area (Å²) in [6, 6.07) is 0. The van der Waals surface area contributed by atoms with Crippen molar-refractivity contribution in [3.8, 4) is 0 Å². The first-order valence-electron chi connectivity index (χ1n) is 10.6. The average Bonchev–Trinajstić information content (AvgIpc) is 2.92. The standard InChI is InChI=1S/C23H36O2/c1-15(24)25-20-11-14-23(5)18-10-13-22(4)12-6-7-17(22)16(18)8-9-19(23)21(20,2)3/h9,16-18,20H,6-8,10-14H2,1-5H3/t16-,17-,18-,20?,22-,23+/m0/s1. The molecule has 4 aliphatic rings. The predicted octanol–water partition coefficient (Wildman–Crippen LogP) is 5.91. The van der Waals surface area contributed by atoms with Gasteiger partial charge in [0.05, 0.1) is 0 Å². The molecule has 0 radical (unpaired) electrons. The van der Waals surface area contributed by atoms with Crippen molar-refractivity contribution in [1.29, 1.82) is 0 Å². The highest BCUT2D eigenvalue weighted by atomic mass is 16.5. The first-order chi connectivity index (χ1) is 11.7. The highest BCUT2D eigenvalue weighted by Crippen LogP contribution is 2.67. The molecule has 0 saturated heterocycles. The van der Waals surface area contributed by atoms with E-state index >= 15 is 0 Å². The monoisotopic (exact) mass is 344 g/mol. The second-order valence-electron chi connectivity index (χ2n) is 10.6. The Morgan fingerprint density at radius 2 is 1.80 bits per heavy atom. The quantitative estimate of drug-likeness (QED) is 0.437. The van der Waals surface area contributed by atoms with Crippen molar-refractivity contribution in [2.24, 2.45) is 34.0 Å². The molecule has 3 fully saturated rings. The van der Waals surface area contributed by atoms with E-state index in [1.54, 1.807) is 12.5 Å². The molecule has 25 heavy (non-hydrogen) atoms. The minimum Gasteiger partial charge on any atom is -0.462 e. The number of carbonyl (C=O) groups excluding carboxylic acids is 1. The minimum absolute atomic E-state index is 0.0277. The van der Waals surface area contributed by atoms with Gasteiger partial charge in [-0.25, -0.2) is 0 Å². The number of rotatable bonds is 1. The van der Waals surface area contributed by atoms with Crippen molar-refractivity contribution in [1.82, 2.24) is 0 Å². The second-order valence-corrected chi connectivity index (χ2v) is 10.6. The Labute approximate surface area is 153 Å². The van der Waals surface area contributed by atoms with Crippen LogP contribution in [0.1, 0.15) is 86.0 Å². The number of ether oxygens (including phenoxy) is 1. The van der Waals surface area contributed by atoms with Gasteiger partial charge in [0.15, 0.2) is 0 Å². The lowest BCUT2D eigenvalue weighted by Crippen LogP contribution is -2.54. The van der Waals surface area contributed by atoms with E-state index < -0.39 is 0 Å². The molecule has 4 aliphatic carbocycles. The third-order valence-corrected chi connectivity index (χ3v) is 8.98. The highest BCUT2D eigenvalue weighted by Gasteiger charge is 2.59. The Bertz CT molecular complexity index is 603. The maximum atomic E-state index is 11.6. The predicted molar refractivity (Wildman–Crippen MR) is 101 cm³/mol. The van der Waals surface area contributed by atoms with Gasteiger partial charge in [-0.1, -0.05) is 45.8 Å². The van der Waals surface area contributed by atoms with Crippen LogP contribution in [0.5, 0.6) is 0 Å². The van der Waals surface area contributed by atoms with Gasteiger partial charge in [-0.3, -0.25) is 4.79 Å². The molecule has 4 rings (SSSR count). The van der Waals surface area contributed by atoms with Crippen LogP contribution >= 0.6 is 0 Å². The van der Waals surface area contributed by atoms with Crippen LogP contribution in [-0.2, 0) is 9.53 Å². The van der Waals surface area contributed by atoms with Crippen molar-refractivity contribution >= 4 is 5.97 Å². The Morgan fingerprint density at radius 1 is 1.04 bits per heavy atom. The van der Waals surface area contributed by atoms with Crippen molar-refractivity contribution in [3.63, 3.8) is 0 Å². The first kappa shape index (κ1) is 17.6. The van der Waals surface area contributed by atoms with Gasteiger partial charge < -0.3 is 4.74 Å². The van der Waals surface area contributed by atoms with Crippen LogP contribution in [0.3, 0.4) is 0 Å². The fourth-order valence-electron chi connectivity index (χ4n) is 7.78. The van der Waals surface area contributed by atoms with Crippen LogP contribution in [0.4, 0.5) is 0 Å². The van der Waals surface area contributed by atoms with Crippen LogP contribution in [0.2, 0.25) is 0 Å². The molecular formula is C23H36O2. The molecule has 140 valence electrons. The van der Waals surface area contributed by atoms with Gasteiger partial charge in [-0.05, 0) is 73.5 Å². The third kappa shape index (κ3) is 2.46. The van der Waals surface area contributed by atoms with E-state index in [1.807, 2.05) is 0 Å². The van der Waals surface area contributed by atoms with Gasteiger partial charge >= 0.3 is 5.97 Å². The summed E-state index contributed by atoms with van der Waals surface area (Å²) in [6.07, 6.45) is 13.3. The van der Waals surface area contributed by atoms with Gasteiger partial charge in [-0.2, -0.15) is 0 Å². The fraction of sp³-hybridized carbons (Fsp3) is 0.870. The Morgan fingerprint density at radius 3 is 2.52 bits per heavy atom. The lowest BCUT2D eigenvalue weighted by molar-refractivity contribution is -0.156. The van der Waals surface area contributed by atoms with Gasteiger partial charge in [0, 0.05) is 12.3 Å². The topological polar surface area (TPSA) is 26.3 Å². The summed E-state index contributed by atoms with van der Waals surface area (Å²) in [6.45, 7) is 11.3. The minimum atomic E-state index is -0.129. The number of allylic oxidation sites excluding steroid dienone is 1. The van der Waals surface area contributed by atoms with E-state index in [0.717, 1.165) is 24.2 Å². The molecule has 0 spiro atoms. The molecule has 2 heteroatoms. The molecule has 0 aromatic carbocycles. The van der Waals surface area contributed by atoms with Crippen LogP contribution < -0.4 is 0 Å². The zero-order chi connectivity index (χ0) is 18.0. The molecule has 6 atom stereocenters. The van der Waals surface area contributed by atoms with Crippen molar-refractivity contribution < 1.29 is 9.53 Å². The normalized spacial score (nSPS) is 48.0. The van der Waals surface area contributed by atoms with Gasteiger partial charge in [-0.15, -0.1) is 0 Å². The molecule has 2 nitrogen and oxygen atoms in total. The van der Waals surface area contributed by atoms with Gasteiger partial charge in [0.25, 0.3) is 0 Å². The number of hydrogen-bond donors (Lipinski definition) is 0. The molecule has 3 saturated carbocycles. The van der Waals surface area contributed by atoms with Crippen molar-refractivity contribution in [2.45, 2.75) is 92.1 Å². The molecule has 0 N–H and O–H groups in total. The highest BCUT2D eigenvalue weighted by molar-refractivity contribution is 5.66. The lowest BCUT2D eigenvalue weighted by atomic mass is 9.45. The Hall–Kier alpha value is -0.790. The molecule has 0 heterocycles. The molecule has 1 unspecified atom stereocenters. The largest absolute Gasteiger partial charge is 0.462 e. The molecule has 0 aliphatic heterocycles. The van der Waals surface area contributed by atoms with E-state index in [4.69, 9.17) is 4.74 Å². The third-order valence-electron chi connectivity index (χ3n) is 8.98. The zero-order valence-corrected chi connectivity index (χ0v) is 16.9. The second kappa shape index (κ2) is 5.60. The van der Waals surface area contributed by atoms with Crippen molar-refractivity contribution in [2.75, 3.05) is 0 Å². The average molecular weight is 345 g/mol. The lowest BCUT2D eigenvalue weighted by Gasteiger charge is -2.60. The molecule has 0 aromatic heterocycles. The fourth-order valence-corrected chi connectivity index (χ4v) is 7.78. The van der Waals surface area contributed by atoms with E-state index in [1.165, 1.54) is 44.9 Å².